The van der Waals surface area contributed by atoms with Crippen molar-refractivity contribution in [3.8, 4) is 5.75 Å². The highest BCUT2D eigenvalue weighted by atomic mass is 19.4. The van der Waals surface area contributed by atoms with Gasteiger partial charge in [-0.05, 0) is 41.8 Å². The number of hydrogen-bond acceptors (Lipinski definition) is 6. The lowest BCUT2D eigenvalue weighted by Gasteiger charge is -2.17. The molecule has 1 N–H and O–H groups in total. The SMILES string of the molecule is CCCC(c1ccc(OCc2coc(/C=C/c3ccccc3C(F)(F)F)n2)cc1)n1cc(CCO)nn1. The molecular weight excluding hydrogens is 485 g/mol. The van der Waals surface area contributed by atoms with Gasteiger partial charge in [0.15, 0.2) is 0 Å². The molecule has 10 heteroatoms. The Hall–Kier alpha value is -3.92. The highest BCUT2D eigenvalue weighted by Gasteiger charge is 2.32. The molecule has 0 amide bonds. The van der Waals surface area contributed by atoms with E-state index in [-0.39, 0.29) is 30.7 Å². The summed E-state index contributed by atoms with van der Waals surface area (Å²) in [4.78, 5) is 4.26. The zero-order valence-corrected chi connectivity index (χ0v) is 20.2. The number of ether oxygens (including phenoxy) is 1. The molecule has 0 saturated heterocycles. The first-order valence-corrected chi connectivity index (χ1v) is 11.9. The summed E-state index contributed by atoms with van der Waals surface area (Å²) < 4.78 is 52.5. The molecule has 4 aromatic rings. The third-order valence-corrected chi connectivity index (χ3v) is 5.70. The molecule has 4 rings (SSSR count). The molecule has 2 aromatic heterocycles. The number of aromatic nitrogens is 4. The number of aliphatic hydroxyl groups excluding tert-OH is 1. The number of halogens is 3. The van der Waals surface area contributed by atoms with Crippen molar-refractivity contribution in [2.45, 2.75) is 45.0 Å². The predicted molar refractivity (Wildman–Crippen MR) is 132 cm³/mol. The first-order chi connectivity index (χ1) is 17.9. The molecule has 7 nitrogen and oxygen atoms in total. The van der Waals surface area contributed by atoms with E-state index in [1.807, 2.05) is 35.1 Å². The van der Waals surface area contributed by atoms with Gasteiger partial charge in [0, 0.05) is 25.3 Å². The van der Waals surface area contributed by atoms with E-state index in [9.17, 15) is 13.2 Å². The topological polar surface area (TPSA) is 86.2 Å². The van der Waals surface area contributed by atoms with Crippen LogP contribution in [0.3, 0.4) is 0 Å². The maximum Gasteiger partial charge on any atom is 0.416 e. The molecular formula is C27H27F3N4O3. The third kappa shape index (κ3) is 6.85. The lowest BCUT2D eigenvalue weighted by atomic mass is 10.0. The van der Waals surface area contributed by atoms with Crippen LogP contribution in [0, 0.1) is 0 Å². The van der Waals surface area contributed by atoms with Gasteiger partial charge in [-0.1, -0.05) is 48.9 Å². The molecule has 1 atom stereocenters. The van der Waals surface area contributed by atoms with E-state index in [1.165, 1.54) is 30.5 Å². The maximum atomic E-state index is 13.2. The van der Waals surface area contributed by atoms with Crippen molar-refractivity contribution in [1.82, 2.24) is 20.0 Å². The third-order valence-electron chi connectivity index (χ3n) is 5.70. The average molecular weight is 513 g/mol. The molecule has 2 heterocycles. The fraction of sp³-hybridized carbons (Fsp3) is 0.296. The minimum atomic E-state index is -4.44. The second kappa shape index (κ2) is 11.9. The second-order valence-electron chi connectivity index (χ2n) is 8.42. The largest absolute Gasteiger partial charge is 0.487 e. The summed E-state index contributed by atoms with van der Waals surface area (Å²) in [6, 6.07) is 13.0. The number of rotatable bonds is 11. The molecule has 0 aliphatic carbocycles. The number of oxazole rings is 1. The first kappa shape index (κ1) is 26.2. The summed E-state index contributed by atoms with van der Waals surface area (Å²) in [6.45, 7) is 2.27. The van der Waals surface area contributed by atoms with Gasteiger partial charge in [-0.2, -0.15) is 13.2 Å². The van der Waals surface area contributed by atoms with E-state index >= 15 is 0 Å². The summed E-state index contributed by atoms with van der Waals surface area (Å²) >= 11 is 0. The van der Waals surface area contributed by atoms with Gasteiger partial charge in [0.1, 0.15) is 24.3 Å². The van der Waals surface area contributed by atoms with Gasteiger partial charge in [0.25, 0.3) is 0 Å². The summed E-state index contributed by atoms with van der Waals surface area (Å²) in [5, 5.41) is 17.5. The Bertz CT molecular complexity index is 1310. The lowest BCUT2D eigenvalue weighted by molar-refractivity contribution is -0.137. The zero-order chi connectivity index (χ0) is 26.3. The van der Waals surface area contributed by atoms with Crippen molar-refractivity contribution < 1.29 is 27.4 Å². The van der Waals surface area contributed by atoms with Crippen LogP contribution in [-0.4, -0.2) is 31.7 Å². The van der Waals surface area contributed by atoms with Crippen molar-refractivity contribution in [2.75, 3.05) is 6.61 Å². The molecule has 1 unspecified atom stereocenters. The van der Waals surface area contributed by atoms with Crippen LogP contribution in [0.25, 0.3) is 12.2 Å². The molecule has 0 aliphatic rings. The van der Waals surface area contributed by atoms with Gasteiger partial charge in [-0.25, -0.2) is 9.67 Å². The van der Waals surface area contributed by atoms with Crippen LogP contribution in [0.2, 0.25) is 0 Å². The Morgan fingerprint density at radius 1 is 1.08 bits per heavy atom. The van der Waals surface area contributed by atoms with E-state index in [1.54, 1.807) is 6.07 Å². The summed E-state index contributed by atoms with van der Waals surface area (Å²) in [5.74, 6) is 0.819. The number of hydrogen-bond donors (Lipinski definition) is 1. The number of alkyl halides is 3. The summed E-state index contributed by atoms with van der Waals surface area (Å²) in [7, 11) is 0. The van der Waals surface area contributed by atoms with Crippen molar-refractivity contribution in [3.63, 3.8) is 0 Å². The van der Waals surface area contributed by atoms with E-state index in [0.717, 1.165) is 30.2 Å². The molecule has 0 bridgehead atoms. The Kier molecular flexibility index (Phi) is 8.39. The van der Waals surface area contributed by atoms with Crippen LogP contribution >= 0.6 is 0 Å². The predicted octanol–water partition coefficient (Wildman–Crippen LogP) is 5.96. The Labute approximate surface area is 212 Å². The van der Waals surface area contributed by atoms with Crippen molar-refractivity contribution in [3.05, 3.63) is 95.0 Å². The summed E-state index contributed by atoms with van der Waals surface area (Å²) in [6.07, 6.45) is 3.86. The van der Waals surface area contributed by atoms with Crippen LogP contribution in [0.1, 0.15) is 59.8 Å². The van der Waals surface area contributed by atoms with Crippen LogP contribution in [0.5, 0.6) is 5.75 Å². The highest BCUT2D eigenvalue weighted by molar-refractivity contribution is 5.68. The van der Waals surface area contributed by atoms with E-state index in [4.69, 9.17) is 14.3 Å². The molecule has 0 saturated carbocycles. The van der Waals surface area contributed by atoms with Gasteiger partial charge in [-0.15, -0.1) is 5.10 Å². The second-order valence-corrected chi connectivity index (χ2v) is 8.42. The quantitative estimate of drug-likeness (QED) is 0.267. The van der Waals surface area contributed by atoms with Crippen molar-refractivity contribution >= 4 is 12.2 Å². The fourth-order valence-corrected chi connectivity index (χ4v) is 3.89. The normalized spacial score (nSPS) is 12.8. The van der Waals surface area contributed by atoms with Crippen LogP contribution < -0.4 is 4.74 Å². The minimum absolute atomic E-state index is 0.0198. The van der Waals surface area contributed by atoms with Gasteiger partial charge in [0.05, 0.1) is 17.3 Å². The van der Waals surface area contributed by atoms with Gasteiger partial charge in [0.2, 0.25) is 5.89 Å². The standard InChI is InChI=1S/C27H27F3N4O3/c1-2-5-25(34-16-21(14-15-35)32-33-34)20-8-11-23(12-9-20)36-17-22-18-37-26(31-22)13-10-19-6-3-4-7-24(19)27(28,29)30/h3-4,6-13,16,18,25,35H,2,5,14-15,17H2,1H3/b13-10+. The van der Waals surface area contributed by atoms with E-state index in [0.29, 0.717) is 17.9 Å². The monoisotopic (exact) mass is 512 g/mol. The smallest absolute Gasteiger partial charge is 0.416 e. The number of nitrogens with zero attached hydrogens (tertiary/aromatic N) is 4. The van der Waals surface area contributed by atoms with Gasteiger partial charge >= 0.3 is 6.18 Å². The Balaban J connectivity index is 1.38. The molecule has 0 radical (unpaired) electrons. The van der Waals surface area contributed by atoms with E-state index in [2.05, 4.69) is 22.2 Å². The number of benzene rings is 2. The van der Waals surface area contributed by atoms with Crippen LogP contribution in [-0.2, 0) is 19.2 Å². The van der Waals surface area contributed by atoms with Gasteiger partial charge in [-0.3, -0.25) is 0 Å². The van der Waals surface area contributed by atoms with Gasteiger partial charge < -0.3 is 14.3 Å². The molecule has 37 heavy (non-hydrogen) atoms. The highest BCUT2D eigenvalue weighted by Crippen LogP contribution is 2.32. The molecule has 2 aromatic carbocycles. The fourth-order valence-electron chi connectivity index (χ4n) is 3.89. The molecule has 194 valence electrons. The minimum Gasteiger partial charge on any atom is -0.487 e. The number of aliphatic hydroxyl groups is 1. The molecule has 0 aliphatic heterocycles. The first-order valence-electron chi connectivity index (χ1n) is 11.9. The molecule has 0 spiro atoms. The molecule has 0 fully saturated rings. The van der Waals surface area contributed by atoms with Crippen LogP contribution in [0.15, 0.2) is 65.4 Å². The zero-order valence-electron chi connectivity index (χ0n) is 20.2. The summed E-state index contributed by atoms with van der Waals surface area (Å²) in [5.41, 5.74) is 1.62. The lowest BCUT2D eigenvalue weighted by Crippen LogP contribution is -2.11. The van der Waals surface area contributed by atoms with Crippen LogP contribution in [0.4, 0.5) is 13.2 Å². The Morgan fingerprint density at radius 3 is 2.59 bits per heavy atom. The maximum absolute atomic E-state index is 13.2. The van der Waals surface area contributed by atoms with Crippen molar-refractivity contribution in [2.24, 2.45) is 0 Å². The Morgan fingerprint density at radius 2 is 1.86 bits per heavy atom. The van der Waals surface area contributed by atoms with Crippen molar-refractivity contribution in [1.29, 1.82) is 0 Å². The average Bonchev–Trinajstić information content (AvgIpc) is 3.55. The van der Waals surface area contributed by atoms with E-state index < -0.39 is 11.7 Å².